The third kappa shape index (κ3) is 4.11. The predicted octanol–water partition coefficient (Wildman–Crippen LogP) is 5.06. The van der Waals surface area contributed by atoms with Crippen molar-refractivity contribution in [3.05, 3.63) is 52.0 Å². The average molecular weight is 561 g/mol. The van der Waals surface area contributed by atoms with Gasteiger partial charge in [0.15, 0.2) is 11.6 Å². The molecule has 3 aliphatic rings. The summed E-state index contributed by atoms with van der Waals surface area (Å²) in [6, 6.07) is 10.9. The van der Waals surface area contributed by atoms with Gasteiger partial charge in [-0.15, -0.1) is 0 Å². The van der Waals surface area contributed by atoms with Crippen molar-refractivity contribution in [2.24, 2.45) is 0 Å². The lowest BCUT2D eigenvalue weighted by Gasteiger charge is -2.24. The summed E-state index contributed by atoms with van der Waals surface area (Å²) in [6.45, 7) is 1.31. The molecule has 1 saturated heterocycles. The molecule has 0 atom stereocenters. The van der Waals surface area contributed by atoms with Gasteiger partial charge in [-0.25, -0.2) is 8.42 Å². The van der Waals surface area contributed by atoms with Gasteiger partial charge in [0.2, 0.25) is 0 Å². The van der Waals surface area contributed by atoms with E-state index in [1.807, 2.05) is 12.1 Å². The Morgan fingerprint density at radius 1 is 1.14 bits per heavy atom. The van der Waals surface area contributed by atoms with Crippen molar-refractivity contribution in [2.75, 3.05) is 25.0 Å². The number of benzene rings is 2. The monoisotopic (exact) mass is 560 g/mol. The van der Waals surface area contributed by atoms with Crippen LogP contribution in [0.15, 0.2) is 50.3 Å². The fourth-order valence-electron chi connectivity index (χ4n) is 5.07. The Labute approximate surface area is 212 Å². The molecule has 1 aromatic heterocycles. The van der Waals surface area contributed by atoms with Gasteiger partial charge in [0.25, 0.3) is 10.0 Å². The molecule has 1 spiro atoms. The zero-order chi connectivity index (χ0) is 24.2. The van der Waals surface area contributed by atoms with Gasteiger partial charge in [-0.05, 0) is 49.1 Å². The van der Waals surface area contributed by atoms with E-state index in [1.54, 1.807) is 12.1 Å². The molecule has 2 heterocycles. The molecule has 8 nitrogen and oxygen atoms in total. The summed E-state index contributed by atoms with van der Waals surface area (Å²) in [5, 5.41) is 4.12. The minimum Gasteiger partial charge on any atom is -0.495 e. The van der Waals surface area contributed by atoms with Gasteiger partial charge >= 0.3 is 0 Å². The van der Waals surface area contributed by atoms with Crippen LogP contribution in [0.2, 0.25) is 0 Å². The van der Waals surface area contributed by atoms with Gasteiger partial charge in [0.05, 0.1) is 20.3 Å². The highest BCUT2D eigenvalue weighted by atomic mass is 79.9. The number of hydrogen-bond acceptors (Lipinski definition) is 7. The van der Waals surface area contributed by atoms with Gasteiger partial charge < -0.3 is 18.7 Å². The van der Waals surface area contributed by atoms with E-state index in [0.717, 1.165) is 41.3 Å². The van der Waals surface area contributed by atoms with Crippen LogP contribution in [0.4, 0.5) is 5.82 Å². The van der Waals surface area contributed by atoms with Gasteiger partial charge in [-0.1, -0.05) is 27.2 Å². The molecule has 0 bridgehead atoms. The van der Waals surface area contributed by atoms with Crippen LogP contribution in [0.1, 0.15) is 36.8 Å². The van der Waals surface area contributed by atoms with Crippen molar-refractivity contribution in [2.45, 2.75) is 48.5 Å². The Morgan fingerprint density at radius 2 is 1.94 bits per heavy atom. The maximum Gasteiger partial charge on any atom is 0.266 e. The first-order chi connectivity index (χ1) is 16.9. The fourth-order valence-corrected chi connectivity index (χ4v) is 6.61. The second-order valence-electron chi connectivity index (χ2n) is 9.33. The van der Waals surface area contributed by atoms with E-state index < -0.39 is 10.0 Å². The van der Waals surface area contributed by atoms with Crippen molar-refractivity contribution in [3.8, 4) is 22.8 Å². The third-order valence-electron chi connectivity index (χ3n) is 7.08. The number of methoxy groups -OCH3 is 1. The van der Waals surface area contributed by atoms with Crippen LogP contribution in [0.25, 0.3) is 11.3 Å². The lowest BCUT2D eigenvalue weighted by atomic mass is 9.79. The van der Waals surface area contributed by atoms with Crippen LogP contribution in [-0.4, -0.2) is 40.0 Å². The van der Waals surface area contributed by atoms with Crippen molar-refractivity contribution < 1.29 is 27.2 Å². The SMILES string of the molecule is COc1cc(OC2CCOCC2)ccc1S(=O)(=O)Nc1noc2c1CC1(CC1)c1ccc(Br)cc1-2. The van der Waals surface area contributed by atoms with E-state index in [9.17, 15) is 8.42 Å². The summed E-state index contributed by atoms with van der Waals surface area (Å²) in [5.41, 5.74) is 3.01. The first-order valence-electron chi connectivity index (χ1n) is 11.6. The number of nitrogens with zero attached hydrogens (tertiary/aromatic N) is 1. The standard InChI is InChI=1S/C25H25BrN2O6S/c1-31-21-13-17(33-16-6-10-32-11-7-16)3-5-22(21)35(29,30)28-24-19-14-25(8-9-25)20-4-2-15(26)12-18(20)23(19)34-27-24/h2-5,12-13,16H,6-11,14H2,1H3,(H,27,28). The van der Waals surface area contributed by atoms with Crippen LogP contribution in [0.5, 0.6) is 11.5 Å². The second-order valence-corrected chi connectivity index (χ2v) is 11.9. The molecular formula is C25H25BrN2O6S. The minimum atomic E-state index is -3.99. The summed E-state index contributed by atoms with van der Waals surface area (Å²) in [5.74, 6) is 1.60. The summed E-state index contributed by atoms with van der Waals surface area (Å²) in [7, 11) is -2.55. The molecule has 0 amide bonds. The third-order valence-corrected chi connectivity index (χ3v) is 8.95. The molecule has 1 N–H and O–H groups in total. The molecule has 35 heavy (non-hydrogen) atoms. The molecule has 1 aliphatic heterocycles. The Morgan fingerprint density at radius 3 is 2.69 bits per heavy atom. The second kappa shape index (κ2) is 8.53. The van der Waals surface area contributed by atoms with Crippen LogP contribution in [-0.2, 0) is 26.6 Å². The molecule has 3 aromatic rings. The van der Waals surface area contributed by atoms with Gasteiger partial charge in [-0.2, -0.15) is 0 Å². The lowest BCUT2D eigenvalue weighted by Crippen LogP contribution is -2.26. The number of anilines is 1. The smallest absolute Gasteiger partial charge is 0.266 e. The zero-order valence-electron chi connectivity index (χ0n) is 19.2. The lowest BCUT2D eigenvalue weighted by molar-refractivity contribution is 0.0255. The minimum absolute atomic E-state index is 0.0103. The Bertz CT molecular complexity index is 1390. The molecular weight excluding hydrogens is 536 g/mol. The highest BCUT2D eigenvalue weighted by molar-refractivity contribution is 9.10. The van der Waals surface area contributed by atoms with Crippen LogP contribution < -0.4 is 14.2 Å². The number of hydrogen-bond donors (Lipinski definition) is 1. The molecule has 2 aromatic carbocycles. The quantitative estimate of drug-likeness (QED) is 0.449. The number of aromatic nitrogens is 1. The largest absolute Gasteiger partial charge is 0.495 e. The molecule has 184 valence electrons. The molecule has 2 fully saturated rings. The molecule has 1 saturated carbocycles. The van der Waals surface area contributed by atoms with E-state index in [0.29, 0.717) is 31.1 Å². The molecule has 2 aliphatic carbocycles. The maximum atomic E-state index is 13.4. The van der Waals surface area contributed by atoms with Gasteiger partial charge in [0, 0.05) is 39.9 Å². The van der Waals surface area contributed by atoms with Crippen molar-refractivity contribution in [1.82, 2.24) is 5.16 Å². The normalized spacial score (nSPS) is 18.6. The fraction of sp³-hybridized carbons (Fsp3) is 0.400. The molecule has 0 unspecified atom stereocenters. The van der Waals surface area contributed by atoms with Gasteiger partial charge in [-0.3, -0.25) is 4.72 Å². The molecule has 6 rings (SSSR count). The van der Waals surface area contributed by atoms with E-state index >= 15 is 0 Å². The van der Waals surface area contributed by atoms with Crippen molar-refractivity contribution >= 4 is 31.8 Å². The number of nitrogens with one attached hydrogen (secondary N) is 1. The zero-order valence-corrected chi connectivity index (χ0v) is 21.6. The van der Waals surface area contributed by atoms with Crippen LogP contribution >= 0.6 is 15.9 Å². The maximum absolute atomic E-state index is 13.4. The Hall–Kier alpha value is -2.56. The summed E-state index contributed by atoms with van der Waals surface area (Å²) in [6.07, 6.45) is 4.42. The Kier molecular flexibility index (Phi) is 5.58. The summed E-state index contributed by atoms with van der Waals surface area (Å²) >= 11 is 3.54. The molecule has 0 radical (unpaired) electrons. The number of sulfonamides is 1. The van der Waals surface area contributed by atoms with E-state index in [1.165, 1.54) is 18.7 Å². The van der Waals surface area contributed by atoms with E-state index in [4.69, 9.17) is 18.7 Å². The number of fused-ring (bicyclic) bond motifs is 4. The van der Waals surface area contributed by atoms with Crippen molar-refractivity contribution in [3.63, 3.8) is 0 Å². The summed E-state index contributed by atoms with van der Waals surface area (Å²) in [4.78, 5) is 0.0103. The van der Waals surface area contributed by atoms with E-state index in [-0.39, 0.29) is 28.0 Å². The van der Waals surface area contributed by atoms with Gasteiger partial charge in [0.1, 0.15) is 22.5 Å². The molecule has 10 heteroatoms. The predicted molar refractivity (Wildman–Crippen MR) is 133 cm³/mol. The van der Waals surface area contributed by atoms with Crippen LogP contribution in [0.3, 0.4) is 0 Å². The highest BCUT2D eigenvalue weighted by Gasteiger charge is 2.50. The van der Waals surface area contributed by atoms with Crippen molar-refractivity contribution in [1.29, 1.82) is 0 Å². The first-order valence-corrected chi connectivity index (χ1v) is 13.9. The topological polar surface area (TPSA) is 99.9 Å². The highest BCUT2D eigenvalue weighted by Crippen LogP contribution is 2.58. The number of rotatable bonds is 6. The van der Waals surface area contributed by atoms with Crippen LogP contribution in [0, 0.1) is 0 Å². The van der Waals surface area contributed by atoms with E-state index in [2.05, 4.69) is 31.9 Å². The number of ether oxygens (including phenoxy) is 3. The summed E-state index contributed by atoms with van der Waals surface area (Å²) < 4.78 is 52.9. The average Bonchev–Trinajstić information content (AvgIpc) is 3.52. The first kappa shape index (κ1) is 22.9. The Balaban J connectivity index is 1.30. The number of halogens is 1.